The molecule has 1 amide bonds. The lowest BCUT2D eigenvalue weighted by molar-refractivity contribution is -0.385. The first-order chi connectivity index (χ1) is 14.7. The predicted octanol–water partition coefficient (Wildman–Crippen LogP) is 3.18. The van der Waals surface area contributed by atoms with E-state index in [1.165, 1.54) is 10.9 Å². The number of amides is 1. The molecule has 0 spiro atoms. The Balaban J connectivity index is 2.24. The van der Waals surface area contributed by atoms with Crippen LogP contribution in [0.5, 0.6) is 0 Å². The number of thiophene rings is 1. The molecule has 0 aliphatic heterocycles. The predicted molar refractivity (Wildman–Crippen MR) is 112 cm³/mol. The fourth-order valence-electron chi connectivity index (χ4n) is 2.65. The van der Waals surface area contributed by atoms with Gasteiger partial charge in [-0.15, -0.1) is 11.3 Å². The number of rotatable bonds is 10. The number of carbonyl (C=O) groups is 3. The van der Waals surface area contributed by atoms with Crippen LogP contribution in [0.25, 0.3) is 0 Å². The highest BCUT2D eigenvalue weighted by Gasteiger charge is 2.28. The maximum Gasteiger partial charge on any atom is 0.348 e. The molecule has 2 rings (SSSR count). The van der Waals surface area contributed by atoms with Crippen molar-refractivity contribution < 1.29 is 28.8 Å². The molecule has 0 fully saturated rings. The van der Waals surface area contributed by atoms with Crippen molar-refractivity contribution in [2.24, 2.45) is 5.92 Å². The van der Waals surface area contributed by atoms with E-state index in [2.05, 4.69) is 10.4 Å². The van der Waals surface area contributed by atoms with E-state index < -0.39 is 28.7 Å². The number of esters is 2. The van der Waals surface area contributed by atoms with E-state index in [0.717, 1.165) is 17.5 Å². The van der Waals surface area contributed by atoms with Gasteiger partial charge in [-0.05, 0) is 25.8 Å². The van der Waals surface area contributed by atoms with Crippen molar-refractivity contribution in [2.45, 2.75) is 40.7 Å². The van der Waals surface area contributed by atoms with Gasteiger partial charge in [-0.3, -0.25) is 19.6 Å². The minimum absolute atomic E-state index is 0.0877. The summed E-state index contributed by atoms with van der Waals surface area (Å²) in [6.07, 6.45) is 2.95. The van der Waals surface area contributed by atoms with E-state index in [0.29, 0.717) is 12.0 Å². The highest BCUT2D eigenvalue weighted by atomic mass is 32.1. The summed E-state index contributed by atoms with van der Waals surface area (Å²) in [6, 6.07) is 0. The average molecular weight is 452 g/mol. The number of hydrogen-bond acceptors (Lipinski definition) is 9. The first kappa shape index (κ1) is 24.0. The van der Waals surface area contributed by atoms with Crippen LogP contribution in [0.4, 0.5) is 10.7 Å². The molecule has 168 valence electrons. The molecule has 12 heteroatoms. The molecule has 11 nitrogen and oxygen atoms in total. The van der Waals surface area contributed by atoms with Crippen molar-refractivity contribution in [1.29, 1.82) is 0 Å². The topological polar surface area (TPSA) is 143 Å². The standard InChI is InChI=1S/C19H24N4O7S/c1-5-7-30-18(25)14-12(4)15(19(26)29-6-2)31-17(14)21-16(24)11(3)9-22-10-13(8-20-22)23(27)28/h8,10-11H,5-7,9H2,1-4H3,(H,21,24). The molecular formula is C19H24N4O7S. The molecule has 1 atom stereocenters. The van der Waals surface area contributed by atoms with Crippen LogP contribution in [0.2, 0.25) is 0 Å². The van der Waals surface area contributed by atoms with Gasteiger partial charge in [0.2, 0.25) is 5.91 Å². The number of aromatic nitrogens is 2. The number of hydrogen-bond donors (Lipinski definition) is 1. The van der Waals surface area contributed by atoms with Gasteiger partial charge in [0, 0.05) is 0 Å². The molecule has 2 aromatic heterocycles. The van der Waals surface area contributed by atoms with Gasteiger partial charge in [0.05, 0.1) is 36.2 Å². The van der Waals surface area contributed by atoms with Gasteiger partial charge in [-0.2, -0.15) is 5.10 Å². The fraction of sp³-hybridized carbons (Fsp3) is 0.474. The highest BCUT2D eigenvalue weighted by molar-refractivity contribution is 7.18. The molecule has 0 saturated carbocycles. The van der Waals surface area contributed by atoms with Crippen LogP contribution in [0, 0.1) is 23.0 Å². The van der Waals surface area contributed by atoms with Crippen LogP contribution in [-0.2, 0) is 20.8 Å². The maximum absolute atomic E-state index is 12.7. The monoisotopic (exact) mass is 452 g/mol. The number of anilines is 1. The normalized spacial score (nSPS) is 11.6. The van der Waals surface area contributed by atoms with Crippen molar-refractivity contribution in [1.82, 2.24) is 9.78 Å². The van der Waals surface area contributed by atoms with Crippen molar-refractivity contribution in [2.75, 3.05) is 18.5 Å². The lowest BCUT2D eigenvalue weighted by Gasteiger charge is -2.12. The maximum atomic E-state index is 12.7. The van der Waals surface area contributed by atoms with Crippen LogP contribution in [0.3, 0.4) is 0 Å². The zero-order valence-electron chi connectivity index (χ0n) is 17.7. The molecule has 1 N–H and O–H groups in total. The molecule has 31 heavy (non-hydrogen) atoms. The van der Waals surface area contributed by atoms with Crippen LogP contribution >= 0.6 is 11.3 Å². The minimum Gasteiger partial charge on any atom is -0.462 e. The van der Waals surface area contributed by atoms with E-state index in [9.17, 15) is 24.5 Å². The summed E-state index contributed by atoms with van der Waals surface area (Å²) in [5.41, 5.74) is 0.300. The lowest BCUT2D eigenvalue weighted by atomic mass is 10.1. The van der Waals surface area contributed by atoms with Crippen molar-refractivity contribution >= 4 is 39.9 Å². The van der Waals surface area contributed by atoms with Gasteiger partial charge >= 0.3 is 17.6 Å². The largest absolute Gasteiger partial charge is 0.462 e. The fourth-order valence-corrected chi connectivity index (χ4v) is 3.74. The number of nitro groups is 1. The molecule has 2 heterocycles. The summed E-state index contributed by atoms with van der Waals surface area (Å²) in [6.45, 7) is 7.18. The Morgan fingerprint density at radius 2 is 2.00 bits per heavy atom. The highest BCUT2D eigenvalue weighted by Crippen LogP contribution is 2.34. The molecule has 0 bridgehead atoms. The number of carbonyl (C=O) groups excluding carboxylic acids is 3. The van der Waals surface area contributed by atoms with Gasteiger partial charge in [-0.25, -0.2) is 9.59 Å². The molecule has 0 aliphatic rings. The first-order valence-corrected chi connectivity index (χ1v) is 10.5. The smallest absolute Gasteiger partial charge is 0.348 e. The van der Waals surface area contributed by atoms with Gasteiger partial charge in [-0.1, -0.05) is 13.8 Å². The number of nitrogens with one attached hydrogen (secondary N) is 1. The van der Waals surface area contributed by atoms with E-state index in [4.69, 9.17) is 9.47 Å². The Hall–Kier alpha value is -3.28. The zero-order chi connectivity index (χ0) is 23.1. The Labute approximate surface area is 182 Å². The second-order valence-electron chi connectivity index (χ2n) is 6.68. The molecule has 1 unspecified atom stereocenters. The van der Waals surface area contributed by atoms with Crippen LogP contribution in [0.15, 0.2) is 12.4 Å². The molecule has 0 aliphatic carbocycles. The Kier molecular flexibility index (Phi) is 8.25. The molecular weight excluding hydrogens is 428 g/mol. The van der Waals surface area contributed by atoms with E-state index >= 15 is 0 Å². The number of ether oxygens (including phenoxy) is 2. The average Bonchev–Trinajstić information content (AvgIpc) is 3.31. The van der Waals surface area contributed by atoms with Crippen LogP contribution < -0.4 is 5.32 Å². The summed E-state index contributed by atoms with van der Waals surface area (Å²) in [5.74, 6) is -2.31. The third-order valence-corrected chi connectivity index (χ3v) is 5.41. The first-order valence-electron chi connectivity index (χ1n) is 9.64. The van der Waals surface area contributed by atoms with Gasteiger partial charge < -0.3 is 14.8 Å². The number of nitrogens with zero attached hydrogens (tertiary/aromatic N) is 3. The third kappa shape index (κ3) is 5.87. The lowest BCUT2D eigenvalue weighted by Crippen LogP contribution is -2.25. The van der Waals surface area contributed by atoms with Gasteiger partial charge in [0.1, 0.15) is 22.3 Å². The van der Waals surface area contributed by atoms with Crippen molar-refractivity contribution in [3.63, 3.8) is 0 Å². The molecule has 2 aromatic rings. The Morgan fingerprint density at radius 1 is 1.29 bits per heavy atom. The van der Waals surface area contributed by atoms with Crippen molar-refractivity contribution in [3.8, 4) is 0 Å². The summed E-state index contributed by atoms with van der Waals surface area (Å²) >= 11 is 0.937. The van der Waals surface area contributed by atoms with Gasteiger partial charge in [0.25, 0.3) is 0 Å². The van der Waals surface area contributed by atoms with Gasteiger partial charge in [0.15, 0.2) is 0 Å². The van der Waals surface area contributed by atoms with E-state index in [1.54, 1.807) is 20.8 Å². The molecule has 0 radical (unpaired) electrons. The van der Waals surface area contributed by atoms with Crippen molar-refractivity contribution in [3.05, 3.63) is 38.5 Å². The third-order valence-electron chi connectivity index (χ3n) is 4.22. The Bertz CT molecular complexity index is 982. The van der Waals surface area contributed by atoms with E-state index in [1.807, 2.05) is 6.92 Å². The summed E-state index contributed by atoms with van der Waals surface area (Å²) < 4.78 is 11.5. The van der Waals surface area contributed by atoms with Crippen LogP contribution in [-0.4, -0.2) is 45.8 Å². The Morgan fingerprint density at radius 3 is 2.58 bits per heavy atom. The second-order valence-corrected chi connectivity index (χ2v) is 7.71. The second kappa shape index (κ2) is 10.7. The quantitative estimate of drug-likeness (QED) is 0.329. The summed E-state index contributed by atoms with van der Waals surface area (Å²) in [5, 5.41) is 17.5. The molecule has 0 saturated heterocycles. The van der Waals surface area contributed by atoms with Crippen LogP contribution in [0.1, 0.15) is 52.8 Å². The summed E-state index contributed by atoms with van der Waals surface area (Å²) in [7, 11) is 0. The summed E-state index contributed by atoms with van der Waals surface area (Å²) in [4.78, 5) is 47.9. The van der Waals surface area contributed by atoms with E-state index in [-0.39, 0.29) is 40.9 Å². The zero-order valence-corrected chi connectivity index (χ0v) is 18.5. The minimum atomic E-state index is -0.642. The molecule has 0 aromatic carbocycles. The SMILES string of the molecule is CCCOC(=O)c1c(NC(=O)C(C)Cn2cc([N+](=O)[O-])cn2)sc(C(=O)OCC)c1C.